The SMILES string of the molecule is O=C(c1ccccc1)c1cccc(C(=O)c2cccc(C(=O)c3cc(C(=O)c4cccc(C(=O)c5cccc(C(=O)c6ccccc6)c5)c4)cc(C(=O)c4cccc(C(=O)c5cccc(C(=O)c6ccccc6-c6ccc(N(c7ccccc7)c7ccc8c(c7)C7(c9cc(C(=O)c%10ccccc%10)ccc9-c9ccc(N(c%10ccccc%10)c%10ccccc%10)cc97)c7cc(C(=O)c9ccccc9)ccc7-8)cc6)c5)c4)c3)c2)c1. The lowest BCUT2D eigenvalue weighted by Gasteiger charge is -2.33. The highest BCUT2D eigenvalue weighted by atomic mass is 16.2. The summed E-state index contributed by atoms with van der Waals surface area (Å²) in [5, 5.41) is 0. The van der Waals surface area contributed by atoms with Crippen molar-refractivity contribution in [3.63, 3.8) is 0 Å². The number of para-hydroxylation sites is 3. The van der Waals surface area contributed by atoms with Crippen LogP contribution in [0.2, 0.25) is 0 Å². The van der Waals surface area contributed by atoms with Crippen molar-refractivity contribution in [2.45, 2.75) is 5.41 Å². The molecule has 0 fully saturated rings. The Labute approximate surface area is 835 Å². The normalized spacial score (nSPS) is 12.3. The van der Waals surface area contributed by atoms with Crippen molar-refractivity contribution in [2.75, 3.05) is 9.80 Å². The Kier molecular flexibility index (Phi) is 24.1. The minimum Gasteiger partial charge on any atom is -0.310 e. The Morgan fingerprint density at radius 3 is 0.607 bits per heavy atom. The van der Waals surface area contributed by atoms with Gasteiger partial charge in [-0.15, -0.1) is 0 Å². The molecule has 0 aliphatic heterocycles. The van der Waals surface area contributed by atoms with E-state index in [0.717, 1.165) is 84.2 Å². The summed E-state index contributed by atoms with van der Waals surface area (Å²) in [6.07, 6.45) is 0. The van der Waals surface area contributed by atoms with E-state index < -0.39 is 40.1 Å². The second-order valence-corrected chi connectivity index (χ2v) is 35.9. The molecule has 1 spiro atoms. The molecule has 20 aromatic rings. The smallest absolute Gasteiger partial charge is 0.193 e. The van der Waals surface area contributed by atoms with E-state index in [4.69, 9.17) is 0 Å². The van der Waals surface area contributed by atoms with Gasteiger partial charge >= 0.3 is 0 Å². The molecule has 2 aliphatic carbocycles. The molecule has 686 valence electrons. The predicted molar refractivity (Wildman–Crippen MR) is 566 cm³/mol. The van der Waals surface area contributed by atoms with Crippen LogP contribution in [0.3, 0.4) is 0 Å². The van der Waals surface area contributed by atoms with Gasteiger partial charge in [0.05, 0.1) is 5.41 Å². The molecule has 0 bridgehead atoms. The van der Waals surface area contributed by atoms with Crippen molar-refractivity contribution in [3.05, 3.63) is 642 Å². The van der Waals surface area contributed by atoms with E-state index in [9.17, 15) is 19.2 Å². The molecule has 145 heavy (non-hydrogen) atoms. The molecule has 22 rings (SSSR count). The Bertz CT molecular complexity index is 8420. The average Bonchev–Trinajstić information content (AvgIpc) is 1.50. The number of carbonyl (C=O) groups is 11. The van der Waals surface area contributed by atoms with E-state index >= 15 is 33.6 Å². The van der Waals surface area contributed by atoms with Gasteiger partial charge in [-0.05, 0) is 195 Å². The largest absolute Gasteiger partial charge is 0.310 e. The van der Waals surface area contributed by atoms with Crippen LogP contribution < -0.4 is 9.80 Å². The van der Waals surface area contributed by atoms with Crippen LogP contribution in [-0.4, -0.2) is 63.6 Å². The first kappa shape index (κ1) is 90.5. The van der Waals surface area contributed by atoms with Gasteiger partial charge < -0.3 is 9.80 Å². The Morgan fingerprint density at radius 1 is 0.131 bits per heavy atom. The lowest BCUT2D eigenvalue weighted by molar-refractivity contribution is 0.102. The third-order valence-corrected chi connectivity index (χ3v) is 27.1. The fourth-order valence-electron chi connectivity index (χ4n) is 20.1. The predicted octanol–water partition coefficient (Wildman–Crippen LogP) is 28.2. The summed E-state index contributed by atoms with van der Waals surface area (Å²) in [5.74, 6) is -4.73. The van der Waals surface area contributed by atoms with Crippen LogP contribution >= 0.6 is 0 Å². The van der Waals surface area contributed by atoms with E-state index in [1.165, 1.54) is 84.9 Å². The number of fused-ring (bicyclic) bond motifs is 10. The third kappa shape index (κ3) is 17.2. The number of ketones is 11. The molecule has 0 aromatic heterocycles. The molecule has 0 heterocycles. The van der Waals surface area contributed by atoms with Gasteiger partial charge in [-0.1, -0.05) is 358 Å². The summed E-state index contributed by atoms with van der Waals surface area (Å²) in [4.78, 5) is 167. The number of hydrogen-bond acceptors (Lipinski definition) is 13. The van der Waals surface area contributed by atoms with Crippen molar-refractivity contribution in [1.82, 2.24) is 0 Å². The number of carbonyl (C=O) groups excluding carboxylic acids is 11. The van der Waals surface area contributed by atoms with E-state index in [1.54, 1.807) is 152 Å². The van der Waals surface area contributed by atoms with Crippen LogP contribution in [0.4, 0.5) is 34.1 Å². The zero-order chi connectivity index (χ0) is 98.9. The van der Waals surface area contributed by atoms with Gasteiger partial charge in [-0.3, -0.25) is 52.7 Å². The molecule has 0 N–H and O–H groups in total. The first-order chi connectivity index (χ1) is 70.9. The highest BCUT2D eigenvalue weighted by molar-refractivity contribution is 6.22. The second kappa shape index (κ2) is 38.6. The van der Waals surface area contributed by atoms with Crippen LogP contribution in [0, 0.1) is 0 Å². The first-order valence-electron chi connectivity index (χ1n) is 47.5. The van der Waals surface area contributed by atoms with Crippen molar-refractivity contribution in [2.24, 2.45) is 0 Å². The van der Waals surface area contributed by atoms with Crippen molar-refractivity contribution >= 4 is 97.7 Å². The maximum Gasteiger partial charge on any atom is 0.193 e. The van der Waals surface area contributed by atoms with E-state index in [1.807, 2.05) is 164 Å². The van der Waals surface area contributed by atoms with Gasteiger partial charge in [0, 0.05) is 157 Å². The molecule has 0 amide bonds. The van der Waals surface area contributed by atoms with Gasteiger partial charge in [-0.2, -0.15) is 0 Å². The standard InChI is InChI=1S/C132H82N2O11/c135-121(84-30-8-1-9-31-84)88-38-24-40-90(70-88)125(139)92-42-26-46-96(72-92)128(142)102-76-103(129(143)97-47-27-43-93(73-97)126(140)91-41-25-39-89(71-91)122(136)85-32-10-2-11-33-85)78-104(77-102)130(144)98-48-28-44-94(74-98)127(141)95-45-29-49-99(75-95)131(145)116-57-23-22-56-111(116)83-58-62-108(63-59-83)134(107-54-20-7-21-55-107)110-65-69-115-113-67-61-101(124(138)87-36-14-4-15-37-87)80-118(113)132(120(115)82-110)117-79-100(123(137)86-34-12-3-13-35-86)60-66-112(117)114-68-64-109(81-119(114)132)133(105-50-16-5-17-51-105)106-52-18-6-19-53-106/h1-82H. The fourth-order valence-corrected chi connectivity index (χ4v) is 20.1. The summed E-state index contributed by atoms with van der Waals surface area (Å²) in [7, 11) is 0. The van der Waals surface area contributed by atoms with Crippen molar-refractivity contribution in [3.8, 4) is 33.4 Å². The minimum absolute atomic E-state index is 0.00722. The Morgan fingerprint density at radius 2 is 0.324 bits per heavy atom. The molecule has 1 atom stereocenters. The van der Waals surface area contributed by atoms with Crippen molar-refractivity contribution < 1.29 is 52.7 Å². The summed E-state index contributed by atoms with van der Waals surface area (Å²) < 4.78 is 0. The van der Waals surface area contributed by atoms with E-state index in [-0.39, 0.29) is 112 Å². The highest BCUT2D eigenvalue weighted by Gasteiger charge is 2.53. The van der Waals surface area contributed by atoms with Gasteiger partial charge in [-0.25, -0.2) is 0 Å². The number of benzene rings is 20. The number of rotatable bonds is 29. The summed E-state index contributed by atoms with van der Waals surface area (Å²) in [6, 6.07) is 148. The molecule has 0 saturated heterocycles. The maximum atomic E-state index is 15.4. The molecular formula is C132H82N2O11. The van der Waals surface area contributed by atoms with Crippen LogP contribution in [0.1, 0.15) is 197 Å². The van der Waals surface area contributed by atoms with Crippen molar-refractivity contribution in [1.29, 1.82) is 0 Å². The lowest BCUT2D eigenvalue weighted by Crippen LogP contribution is -2.27. The van der Waals surface area contributed by atoms with Crippen LogP contribution in [-0.2, 0) is 5.41 Å². The summed E-state index contributed by atoms with van der Waals surface area (Å²) in [5.41, 5.74) is 17.5. The van der Waals surface area contributed by atoms with Crippen LogP contribution in [0.25, 0.3) is 33.4 Å². The van der Waals surface area contributed by atoms with Crippen LogP contribution in [0.15, 0.2) is 497 Å². The van der Waals surface area contributed by atoms with Gasteiger partial charge in [0.2, 0.25) is 0 Å². The molecular weight excluding hydrogens is 1790 g/mol. The third-order valence-electron chi connectivity index (χ3n) is 27.1. The zero-order valence-corrected chi connectivity index (χ0v) is 77.7. The quantitative estimate of drug-likeness (QED) is 0.0402. The average molecular weight is 1870 g/mol. The van der Waals surface area contributed by atoms with E-state index in [0.29, 0.717) is 44.5 Å². The van der Waals surface area contributed by atoms with Gasteiger partial charge in [0.1, 0.15) is 0 Å². The fraction of sp³-hybridized carbons (Fsp3) is 0.00758. The molecule has 1 unspecified atom stereocenters. The second-order valence-electron chi connectivity index (χ2n) is 35.9. The molecule has 13 nitrogen and oxygen atoms in total. The topological polar surface area (TPSA) is 194 Å². The molecule has 0 saturated carbocycles. The maximum absolute atomic E-state index is 15.4. The first-order valence-corrected chi connectivity index (χ1v) is 47.5. The summed E-state index contributed by atoms with van der Waals surface area (Å²) >= 11 is 0. The molecule has 2 aliphatic rings. The Hall–Kier alpha value is -19.6. The summed E-state index contributed by atoms with van der Waals surface area (Å²) in [6.45, 7) is 0. The Balaban J connectivity index is 0.583. The number of hydrogen-bond donors (Lipinski definition) is 0. The molecule has 0 radical (unpaired) electrons. The zero-order valence-electron chi connectivity index (χ0n) is 77.7. The monoisotopic (exact) mass is 1870 g/mol. The minimum atomic E-state index is -1.16. The molecule has 20 aromatic carbocycles. The van der Waals surface area contributed by atoms with E-state index in [2.05, 4.69) is 107 Å². The molecule has 13 heteroatoms. The van der Waals surface area contributed by atoms with Gasteiger partial charge in [0.15, 0.2) is 63.6 Å². The highest BCUT2D eigenvalue weighted by Crippen LogP contribution is 2.65. The number of anilines is 6. The number of nitrogens with zero attached hydrogens (tertiary/aromatic N) is 2. The van der Waals surface area contributed by atoms with Gasteiger partial charge in [0.25, 0.3) is 0 Å². The lowest BCUT2D eigenvalue weighted by atomic mass is 9.69. The van der Waals surface area contributed by atoms with Crippen LogP contribution in [0.5, 0.6) is 0 Å².